The summed E-state index contributed by atoms with van der Waals surface area (Å²) in [6, 6.07) is -0.269. The Hall–Kier alpha value is -1.10. The van der Waals surface area contributed by atoms with Crippen LogP contribution in [0, 0.1) is 5.92 Å². The Balaban J connectivity index is 3.82. The van der Waals surface area contributed by atoms with Crippen LogP contribution >= 0.6 is 0 Å². The molecular weight excluding hydrogens is 208 g/mol. The summed E-state index contributed by atoms with van der Waals surface area (Å²) in [4.78, 5) is 21.8. The molecule has 0 aromatic heterocycles. The Morgan fingerprint density at radius 1 is 1.31 bits per heavy atom. The van der Waals surface area contributed by atoms with Crippen molar-refractivity contribution in [1.82, 2.24) is 5.32 Å². The predicted molar refractivity (Wildman–Crippen MR) is 61.9 cm³/mol. The van der Waals surface area contributed by atoms with Crippen LogP contribution in [-0.4, -0.2) is 29.1 Å². The largest absolute Gasteiger partial charge is 0.481 e. The number of aliphatic carboxylic acids is 1. The Labute approximate surface area is 96.4 Å². The van der Waals surface area contributed by atoms with Crippen LogP contribution in [0.4, 0.5) is 0 Å². The maximum atomic E-state index is 11.5. The lowest BCUT2D eigenvalue weighted by Gasteiger charge is -2.17. The van der Waals surface area contributed by atoms with E-state index in [1.165, 1.54) is 0 Å². The third-order valence-corrected chi connectivity index (χ3v) is 2.48. The third-order valence-electron chi connectivity index (χ3n) is 2.48. The molecule has 5 nitrogen and oxygen atoms in total. The van der Waals surface area contributed by atoms with Gasteiger partial charge in [-0.05, 0) is 19.3 Å². The standard InChI is InChI=1S/C11H22N2O3/c1-7(2)9(12)6-10(14)13-8(3)4-5-11(15)16/h7-9H,4-6,12H2,1-3H3,(H,13,14)(H,15,16). The van der Waals surface area contributed by atoms with Gasteiger partial charge in [-0.25, -0.2) is 0 Å². The molecule has 0 radical (unpaired) electrons. The van der Waals surface area contributed by atoms with Crippen molar-refractivity contribution in [2.24, 2.45) is 11.7 Å². The minimum Gasteiger partial charge on any atom is -0.481 e. The molecule has 0 saturated carbocycles. The smallest absolute Gasteiger partial charge is 0.303 e. The van der Waals surface area contributed by atoms with Gasteiger partial charge in [0.2, 0.25) is 5.91 Å². The Morgan fingerprint density at radius 3 is 2.31 bits per heavy atom. The summed E-state index contributed by atoms with van der Waals surface area (Å²) in [5.41, 5.74) is 5.76. The SMILES string of the molecule is CC(CCC(=O)O)NC(=O)CC(N)C(C)C. The topological polar surface area (TPSA) is 92.4 Å². The zero-order valence-electron chi connectivity index (χ0n) is 10.2. The van der Waals surface area contributed by atoms with Gasteiger partial charge in [0.1, 0.15) is 0 Å². The summed E-state index contributed by atoms with van der Waals surface area (Å²) in [5, 5.41) is 11.2. The van der Waals surface area contributed by atoms with Crippen LogP contribution in [-0.2, 0) is 9.59 Å². The van der Waals surface area contributed by atoms with Gasteiger partial charge in [0.05, 0.1) is 0 Å². The van der Waals surface area contributed by atoms with Crippen LogP contribution < -0.4 is 11.1 Å². The summed E-state index contributed by atoms with van der Waals surface area (Å²) in [6.45, 7) is 5.72. The van der Waals surface area contributed by atoms with Crippen molar-refractivity contribution in [1.29, 1.82) is 0 Å². The summed E-state index contributed by atoms with van der Waals surface area (Å²) in [7, 11) is 0. The molecular formula is C11H22N2O3. The fraction of sp³-hybridized carbons (Fsp3) is 0.818. The first-order valence-corrected chi connectivity index (χ1v) is 5.59. The van der Waals surface area contributed by atoms with Crippen molar-refractivity contribution in [3.63, 3.8) is 0 Å². The lowest BCUT2D eigenvalue weighted by molar-refractivity contribution is -0.137. The maximum absolute atomic E-state index is 11.5. The number of carboxylic acid groups (broad SMARTS) is 1. The summed E-state index contributed by atoms with van der Waals surface area (Å²) in [5.74, 6) is -0.695. The molecule has 0 fully saturated rings. The van der Waals surface area contributed by atoms with E-state index >= 15 is 0 Å². The second-order valence-corrected chi connectivity index (χ2v) is 4.51. The zero-order chi connectivity index (χ0) is 12.7. The van der Waals surface area contributed by atoms with E-state index in [0.29, 0.717) is 6.42 Å². The first-order chi connectivity index (χ1) is 7.32. The van der Waals surface area contributed by atoms with Crippen LogP contribution in [0.25, 0.3) is 0 Å². The van der Waals surface area contributed by atoms with Gasteiger partial charge in [0, 0.05) is 24.9 Å². The highest BCUT2D eigenvalue weighted by atomic mass is 16.4. The molecule has 0 aromatic rings. The molecule has 0 heterocycles. The van der Waals surface area contributed by atoms with Gasteiger partial charge in [0.25, 0.3) is 0 Å². The number of carbonyl (C=O) groups excluding carboxylic acids is 1. The average Bonchev–Trinajstić information content (AvgIpc) is 2.14. The number of carbonyl (C=O) groups is 2. The lowest BCUT2D eigenvalue weighted by Crippen LogP contribution is -2.38. The van der Waals surface area contributed by atoms with E-state index in [1.54, 1.807) is 6.92 Å². The number of hydrogen-bond donors (Lipinski definition) is 3. The van der Waals surface area contributed by atoms with Crippen LogP contribution in [0.2, 0.25) is 0 Å². The normalized spacial score (nSPS) is 14.6. The highest BCUT2D eigenvalue weighted by Gasteiger charge is 2.14. The second-order valence-electron chi connectivity index (χ2n) is 4.51. The molecule has 0 aliphatic carbocycles. The van der Waals surface area contributed by atoms with Crippen molar-refractivity contribution < 1.29 is 14.7 Å². The fourth-order valence-electron chi connectivity index (χ4n) is 1.20. The Kier molecular flexibility index (Phi) is 6.72. The molecule has 0 aromatic carbocycles. The van der Waals surface area contributed by atoms with Crippen molar-refractivity contribution in [2.75, 3.05) is 0 Å². The molecule has 0 aliphatic heterocycles. The third kappa shape index (κ3) is 7.23. The van der Waals surface area contributed by atoms with E-state index in [1.807, 2.05) is 13.8 Å². The van der Waals surface area contributed by atoms with Crippen molar-refractivity contribution in [2.45, 2.75) is 52.1 Å². The lowest BCUT2D eigenvalue weighted by atomic mass is 10.0. The predicted octanol–water partition coefficient (Wildman–Crippen LogP) is 0.729. The van der Waals surface area contributed by atoms with Crippen molar-refractivity contribution >= 4 is 11.9 Å². The fourth-order valence-corrected chi connectivity index (χ4v) is 1.20. The summed E-state index contributed by atoms with van der Waals surface area (Å²) >= 11 is 0. The maximum Gasteiger partial charge on any atom is 0.303 e. The van der Waals surface area contributed by atoms with Gasteiger partial charge in [-0.15, -0.1) is 0 Å². The average molecular weight is 230 g/mol. The number of rotatable bonds is 7. The molecule has 0 saturated heterocycles. The first-order valence-electron chi connectivity index (χ1n) is 5.59. The molecule has 16 heavy (non-hydrogen) atoms. The van der Waals surface area contributed by atoms with Crippen molar-refractivity contribution in [3.05, 3.63) is 0 Å². The number of carboxylic acids is 1. The highest BCUT2D eigenvalue weighted by Crippen LogP contribution is 2.03. The molecule has 0 rings (SSSR count). The van der Waals surface area contributed by atoms with Crippen LogP contribution in [0.3, 0.4) is 0 Å². The van der Waals surface area contributed by atoms with Gasteiger partial charge < -0.3 is 16.2 Å². The number of amides is 1. The minimum absolute atomic E-state index is 0.0671. The number of nitrogens with one attached hydrogen (secondary N) is 1. The van der Waals surface area contributed by atoms with Gasteiger partial charge in [0.15, 0.2) is 0 Å². The summed E-state index contributed by atoms with van der Waals surface area (Å²) in [6.07, 6.45) is 0.796. The molecule has 5 heteroatoms. The minimum atomic E-state index is -0.847. The van der Waals surface area contributed by atoms with Crippen LogP contribution in [0.15, 0.2) is 0 Å². The van der Waals surface area contributed by atoms with E-state index in [9.17, 15) is 9.59 Å². The van der Waals surface area contributed by atoms with Gasteiger partial charge in [-0.1, -0.05) is 13.8 Å². The monoisotopic (exact) mass is 230 g/mol. The molecule has 1 amide bonds. The quantitative estimate of drug-likeness (QED) is 0.601. The van der Waals surface area contributed by atoms with Crippen LogP contribution in [0.1, 0.15) is 40.0 Å². The second kappa shape index (κ2) is 7.22. The van der Waals surface area contributed by atoms with Gasteiger partial charge in [-0.3, -0.25) is 9.59 Å². The molecule has 0 bridgehead atoms. The summed E-state index contributed by atoms with van der Waals surface area (Å²) < 4.78 is 0. The van der Waals surface area contributed by atoms with E-state index in [2.05, 4.69) is 5.32 Å². The van der Waals surface area contributed by atoms with Gasteiger partial charge >= 0.3 is 5.97 Å². The number of hydrogen-bond acceptors (Lipinski definition) is 3. The molecule has 2 atom stereocenters. The highest BCUT2D eigenvalue weighted by molar-refractivity contribution is 5.77. The Bertz CT molecular complexity index is 241. The molecule has 2 unspecified atom stereocenters. The van der Waals surface area contributed by atoms with E-state index in [-0.39, 0.29) is 36.8 Å². The Morgan fingerprint density at radius 2 is 1.88 bits per heavy atom. The zero-order valence-corrected chi connectivity index (χ0v) is 10.2. The molecule has 0 spiro atoms. The first kappa shape index (κ1) is 14.9. The van der Waals surface area contributed by atoms with E-state index in [4.69, 9.17) is 10.8 Å². The van der Waals surface area contributed by atoms with E-state index in [0.717, 1.165) is 0 Å². The molecule has 0 aliphatic rings. The molecule has 4 N–H and O–H groups in total. The molecule has 94 valence electrons. The van der Waals surface area contributed by atoms with Crippen molar-refractivity contribution in [3.8, 4) is 0 Å². The van der Waals surface area contributed by atoms with Crippen LogP contribution in [0.5, 0.6) is 0 Å². The number of nitrogens with two attached hydrogens (primary N) is 1. The van der Waals surface area contributed by atoms with Gasteiger partial charge in [-0.2, -0.15) is 0 Å². The van der Waals surface area contributed by atoms with E-state index < -0.39 is 5.97 Å².